The summed E-state index contributed by atoms with van der Waals surface area (Å²) in [6, 6.07) is 6.40. The molecule has 0 spiro atoms. The highest BCUT2D eigenvalue weighted by molar-refractivity contribution is 5.78. The number of piperazine rings is 1. The Morgan fingerprint density at radius 2 is 1.85 bits per heavy atom. The normalized spacial score (nSPS) is 18.1. The van der Waals surface area contributed by atoms with Crippen molar-refractivity contribution in [3.8, 4) is 0 Å². The molecule has 20 heavy (non-hydrogen) atoms. The first-order chi connectivity index (χ1) is 9.56. The van der Waals surface area contributed by atoms with Crippen LogP contribution in [0.1, 0.15) is 18.5 Å². The van der Waals surface area contributed by atoms with Gasteiger partial charge in [0.1, 0.15) is 5.82 Å². The van der Waals surface area contributed by atoms with Crippen molar-refractivity contribution in [1.29, 1.82) is 0 Å². The van der Waals surface area contributed by atoms with E-state index < -0.39 is 0 Å². The molecule has 1 aromatic rings. The number of hydrogen-bond donors (Lipinski definition) is 1. The summed E-state index contributed by atoms with van der Waals surface area (Å²) in [6.07, 6.45) is 0. The number of rotatable bonds is 4. The van der Waals surface area contributed by atoms with Gasteiger partial charge < -0.3 is 15.1 Å². The zero-order chi connectivity index (χ0) is 14.5. The molecule has 0 aliphatic carbocycles. The lowest BCUT2D eigenvalue weighted by atomic mass is 10.1. The minimum Gasteiger partial charge on any atom is -0.339 e. The predicted octanol–water partition coefficient (Wildman–Crippen LogP) is 1.25. The summed E-state index contributed by atoms with van der Waals surface area (Å²) >= 11 is 0. The number of carbonyl (C=O) groups excluding carboxylic acids is 1. The molecule has 1 amide bonds. The first-order valence-corrected chi connectivity index (χ1v) is 7.01. The topological polar surface area (TPSA) is 35.6 Å². The van der Waals surface area contributed by atoms with Gasteiger partial charge in [0.15, 0.2) is 0 Å². The number of nitrogens with one attached hydrogen (secondary N) is 1. The molecule has 1 aliphatic heterocycles. The van der Waals surface area contributed by atoms with E-state index in [0.29, 0.717) is 6.54 Å². The number of nitrogens with zero attached hydrogens (tertiary/aromatic N) is 2. The van der Waals surface area contributed by atoms with Crippen LogP contribution < -0.4 is 5.32 Å². The summed E-state index contributed by atoms with van der Waals surface area (Å²) in [5, 5.41) is 3.20. The highest BCUT2D eigenvalue weighted by Gasteiger charge is 2.19. The maximum atomic E-state index is 12.9. The average Bonchev–Trinajstić information content (AvgIpc) is 2.46. The lowest BCUT2D eigenvalue weighted by Gasteiger charge is -2.32. The molecule has 0 saturated carbocycles. The van der Waals surface area contributed by atoms with E-state index in [-0.39, 0.29) is 17.8 Å². The lowest BCUT2D eigenvalue weighted by Crippen LogP contribution is -2.49. The Labute approximate surface area is 119 Å². The third-order valence-corrected chi connectivity index (χ3v) is 3.79. The molecule has 1 N–H and O–H groups in total. The first kappa shape index (κ1) is 14.9. The Balaban J connectivity index is 1.79. The molecule has 1 fully saturated rings. The van der Waals surface area contributed by atoms with E-state index >= 15 is 0 Å². The largest absolute Gasteiger partial charge is 0.339 e. The molecule has 1 aromatic carbocycles. The zero-order valence-corrected chi connectivity index (χ0v) is 12.1. The quantitative estimate of drug-likeness (QED) is 0.901. The van der Waals surface area contributed by atoms with E-state index in [4.69, 9.17) is 0 Å². The van der Waals surface area contributed by atoms with Crippen molar-refractivity contribution in [2.24, 2.45) is 0 Å². The number of likely N-dealkylation sites (N-methyl/N-ethyl adjacent to an activating group) is 1. The van der Waals surface area contributed by atoms with E-state index in [1.807, 2.05) is 11.8 Å². The van der Waals surface area contributed by atoms with Gasteiger partial charge in [-0.1, -0.05) is 12.1 Å². The van der Waals surface area contributed by atoms with Gasteiger partial charge in [-0.3, -0.25) is 4.79 Å². The Hall–Kier alpha value is -1.46. The van der Waals surface area contributed by atoms with Crippen molar-refractivity contribution in [3.05, 3.63) is 35.6 Å². The molecule has 1 unspecified atom stereocenters. The van der Waals surface area contributed by atoms with Crippen LogP contribution >= 0.6 is 0 Å². The molecule has 0 bridgehead atoms. The van der Waals surface area contributed by atoms with Gasteiger partial charge >= 0.3 is 0 Å². The standard InChI is InChI=1S/C15H22FN3O/c1-12(13-3-5-14(16)6-4-13)17-11-15(20)19-9-7-18(2)8-10-19/h3-6,12,17H,7-11H2,1-2H3. The van der Waals surface area contributed by atoms with Gasteiger partial charge in [-0.05, 0) is 31.7 Å². The molecule has 0 aromatic heterocycles. The average molecular weight is 279 g/mol. The van der Waals surface area contributed by atoms with Gasteiger partial charge in [-0.15, -0.1) is 0 Å². The van der Waals surface area contributed by atoms with Crippen molar-refractivity contribution in [3.63, 3.8) is 0 Å². The molecular weight excluding hydrogens is 257 g/mol. The lowest BCUT2D eigenvalue weighted by molar-refractivity contribution is -0.131. The third-order valence-electron chi connectivity index (χ3n) is 3.79. The van der Waals surface area contributed by atoms with Gasteiger partial charge in [-0.2, -0.15) is 0 Å². The fraction of sp³-hybridized carbons (Fsp3) is 0.533. The van der Waals surface area contributed by atoms with Crippen molar-refractivity contribution < 1.29 is 9.18 Å². The summed E-state index contributed by atoms with van der Waals surface area (Å²) in [5.74, 6) is -0.110. The van der Waals surface area contributed by atoms with Crippen LogP contribution in [-0.2, 0) is 4.79 Å². The van der Waals surface area contributed by atoms with Crippen LogP contribution in [-0.4, -0.2) is 55.5 Å². The van der Waals surface area contributed by atoms with E-state index in [9.17, 15) is 9.18 Å². The van der Waals surface area contributed by atoms with Crippen LogP contribution in [0.2, 0.25) is 0 Å². The highest BCUT2D eigenvalue weighted by Crippen LogP contribution is 2.12. The second-order valence-electron chi connectivity index (χ2n) is 5.34. The van der Waals surface area contributed by atoms with Crippen LogP contribution in [0, 0.1) is 5.82 Å². The molecule has 1 atom stereocenters. The highest BCUT2D eigenvalue weighted by atomic mass is 19.1. The Morgan fingerprint density at radius 3 is 2.45 bits per heavy atom. The molecule has 1 aliphatic rings. The van der Waals surface area contributed by atoms with Crippen molar-refractivity contribution >= 4 is 5.91 Å². The van der Waals surface area contributed by atoms with Crippen LogP contribution in [0.5, 0.6) is 0 Å². The summed E-state index contributed by atoms with van der Waals surface area (Å²) in [4.78, 5) is 16.2. The maximum Gasteiger partial charge on any atom is 0.236 e. The molecule has 2 rings (SSSR count). The maximum absolute atomic E-state index is 12.9. The number of benzene rings is 1. The van der Waals surface area contributed by atoms with Crippen LogP contribution in [0.4, 0.5) is 4.39 Å². The Kier molecular flexibility index (Phi) is 5.09. The number of hydrogen-bond acceptors (Lipinski definition) is 3. The molecule has 0 radical (unpaired) electrons. The molecule has 5 heteroatoms. The molecular formula is C15H22FN3O. The fourth-order valence-corrected chi connectivity index (χ4v) is 2.28. The zero-order valence-electron chi connectivity index (χ0n) is 12.1. The van der Waals surface area contributed by atoms with Crippen molar-refractivity contribution in [2.75, 3.05) is 39.8 Å². The van der Waals surface area contributed by atoms with Gasteiger partial charge in [0.25, 0.3) is 0 Å². The number of amides is 1. The second-order valence-corrected chi connectivity index (χ2v) is 5.34. The monoisotopic (exact) mass is 279 g/mol. The smallest absolute Gasteiger partial charge is 0.236 e. The van der Waals surface area contributed by atoms with E-state index in [2.05, 4.69) is 17.3 Å². The first-order valence-electron chi connectivity index (χ1n) is 7.01. The summed E-state index contributed by atoms with van der Waals surface area (Å²) in [7, 11) is 2.07. The van der Waals surface area contributed by atoms with E-state index in [0.717, 1.165) is 31.7 Å². The number of halogens is 1. The second kappa shape index (κ2) is 6.81. The molecule has 110 valence electrons. The van der Waals surface area contributed by atoms with E-state index in [1.165, 1.54) is 12.1 Å². The van der Waals surface area contributed by atoms with Gasteiger partial charge in [0, 0.05) is 32.2 Å². The molecule has 1 heterocycles. The summed E-state index contributed by atoms with van der Waals surface area (Å²) < 4.78 is 12.9. The van der Waals surface area contributed by atoms with Gasteiger partial charge in [0.2, 0.25) is 5.91 Å². The fourth-order valence-electron chi connectivity index (χ4n) is 2.28. The minimum absolute atomic E-state index is 0.0343. The summed E-state index contributed by atoms with van der Waals surface area (Å²) in [6.45, 7) is 5.75. The molecule has 1 saturated heterocycles. The summed E-state index contributed by atoms with van der Waals surface area (Å²) in [5.41, 5.74) is 0.984. The molecule has 4 nitrogen and oxygen atoms in total. The minimum atomic E-state index is -0.241. The van der Waals surface area contributed by atoms with E-state index in [1.54, 1.807) is 12.1 Å². The Morgan fingerprint density at radius 1 is 1.25 bits per heavy atom. The van der Waals surface area contributed by atoms with Gasteiger partial charge in [-0.25, -0.2) is 4.39 Å². The van der Waals surface area contributed by atoms with Crippen molar-refractivity contribution in [1.82, 2.24) is 15.1 Å². The number of carbonyl (C=O) groups is 1. The third kappa shape index (κ3) is 4.02. The SMILES string of the molecule is CC(NCC(=O)N1CCN(C)CC1)c1ccc(F)cc1. The Bertz CT molecular complexity index is 441. The van der Waals surface area contributed by atoms with Crippen molar-refractivity contribution in [2.45, 2.75) is 13.0 Å². The van der Waals surface area contributed by atoms with Crippen LogP contribution in [0.15, 0.2) is 24.3 Å². The van der Waals surface area contributed by atoms with Crippen LogP contribution in [0.25, 0.3) is 0 Å². The van der Waals surface area contributed by atoms with Gasteiger partial charge in [0.05, 0.1) is 6.54 Å². The predicted molar refractivity (Wildman–Crippen MR) is 76.9 cm³/mol. The van der Waals surface area contributed by atoms with Crippen LogP contribution in [0.3, 0.4) is 0 Å².